The van der Waals surface area contributed by atoms with E-state index in [1.54, 1.807) is 19.3 Å². The van der Waals surface area contributed by atoms with Crippen LogP contribution >= 0.6 is 0 Å². The number of amides is 1. The molecule has 0 atom stereocenters. The molecule has 7 nitrogen and oxygen atoms in total. The van der Waals surface area contributed by atoms with Crippen molar-refractivity contribution in [3.05, 3.63) is 35.3 Å². The molecule has 24 heavy (non-hydrogen) atoms. The maximum atomic E-state index is 12.0. The van der Waals surface area contributed by atoms with Crippen molar-refractivity contribution >= 4 is 17.6 Å². The quantitative estimate of drug-likeness (QED) is 0.897. The van der Waals surface area contributed by atoms with E-state index < -0.39 is 11.7 Å². The smallest absolute Gasteiger partial charge is 0.415 e. The Morgan fingerprint density at radius 1 is 1.33 bits per heavy atom. The van der Waals surface area contributed by atoms with Crippen LogP contribution in [0.5, 0.6) is 0 Å². The molecule has 0 fully saturated rings. The summed E-state index contributed by atoms with van der Waals surface area (Å²) >= 11 is 0. The van der Waals surface area contributed by atoms with E-state index in [4.69, 9.17) is 4.74 Å². The fraction of sp³-hybridized carbons (Fsp3) is 0.471. The molecular weight excluding hydrogens is 306 g/mol. The third-order valence-electron chi connectivity index (χ3n) is 3.51. The van der Waals surface area contributed by atoms with Crippen molar-refractivity contribution in [3.8, 4) is 0 Å². The molecule has 0 aliphatic carbocycles. The largest absolute Gasteiger partial charge is 0.443 e. The Morgan fingerprint density at radius 2 is 2.04 bits per heavy atom. The first kappa shape index (κ1) is 17.8. The lowest BCUT2D eigenvalue weighted by molar-refractivity contribution is 0.0588. The summed E-state index contributed by atoms with van der Waals surface area (Å²) in [4.78, 5) is 17.7. The highest BCUT2D eigenvalue weighted by atomic mass is 16.6. The van der Waals surface area contributed by atoms with Gasteiger partial charge in [-0.2, -0.15) is 5.10 Å². The molecule has 1 amide bonds. The van der Waals surface area contributed by atoms with Crippen LogP contribution in [0.1, 0.15) is 37.7 Å². The molecule has 130 valence electrons. The average Bonchev–Trinajstić information content (AvgIpc) is 2.82. The number of nitrogens with one attached hydrogen (secondary N) is 2. The Kier molecular flexibility index (Phi) is 5.11. The molecule has 0 aromatic carbocycles. The standard InChI is InChI=1S/C17H25N5O2/c1-11-14(12(2)21-20-11)10-18-13-7-8-15(19-9-13)22(6)16(23)24-17(3,4)5/h7-9,18H,10H2,1-6H3,(H,20,21). The number of hydrogen-bond acceptors (Lipinski definition) is 5. The van der Waals surface area contributed by atoms with Gasteiger partial charge in [0.05, 0.1) is 17.6 Å². The maximum Gasteiger partial charge on any atom is 0.415 e. The van der Waals surface area contributed by atoms with Crippen molar-refractivity contribution in [1.82, 2.24) is 15.2 Å². The first-order valence-electron chi connectivity index (χ1n) is 7.84. The van der Waals surface area contributed by atoms with Crippen molar-refractivity contribution in [2.45, 2.75) is 46.8 Å². The van der Waals surface area contributed by atoms with Crippen LogP contribution in [-0.4, -0.2) is 33.9 Å². The monoisotopic (exact) mass is 331 g/mol. The molecule has 0 aliphatic rings. The molecule has 2 rings (SSSR count). The van der Waals surface area contributed by atoms with E-state index in [1.807, 2.05) is 40.7 Å². The van der Waals surface area contributed by atoms with Gasteiger partial charge in [0.2, 0.25) is 0 Å². The van der Waals surface area contributed by atoms with Gasteiger partial charge in [-0.1, -0.05) is 0 Å². The second kappa shape index (κ2) is 6.90. The van der Waals surface area contributed by atoms with Gasteiger partial charge in [0, 0.05) is 24.8 Å². The number of pyridine rings is 1. The van der Waals surface area contributed by atoms with Gasteiger partial charge >= 0.3 is 6.09 Å². The number of anilines is 2. The number of carbonyl (C=O) groups excluding carboxylic acids is 1. The maximum absolute atomic E-state index is 12.0. The number of aromatic amines is 1. The minimum Gasteiger partial charge on any atom is -0.443 e. The summed E-state index contributed by atoms with van der Waals surface area (Å²) in [5.74, 6) is 0.533. The highest BCUT2D eigenvalue weighted by Gasteiger charge is 2.21. The number of carbonyl (C=O) groups is 1. The summed E-state index contributed by atoms with van der Waals surface area (Å²) in [5, 5.41) is 10.4. The minimum atomic E-state index is -0.535. The molecule has 0 radical (unpaired) electrons. The fourth-order valence-electron chi connectivity index (χ4n) is 2.14. The van der Waals surface area contributed by atoms with Gasteiger partial charge in [0.25, 0.3) is 0 Å². The van der Waals surface area contributed by atoms with E-state index in [-0.39, 0.29) is 0 Å². The number of hydrogen-bond donors (Lipinski definition) is 2. The van der Waals surface area contributed by atoms with Crippen LogP contribution in [0.25, 0.3) is 0 Å². The average molecular weight is 331 g/mol. The van der Waals surface area contributed by atoms with Crippen LogP contribution in [-0.2, 0) is 11.3 Å². The lowest BCUT2D eigenvalue weighted by Crippen LogP contribution is -2.34. The van der Waals surface area contributed by atoms with Crippen LogP contribution in [0.15, 0.2) is 18.3 Å². The zero-order valence-corrected chi connectivity index (χ0v) is 15.1. The lowest BCUT2D eigenvalue weighted by Gasteiger charge is -2.24. The summed E-state index contributed by atoms with van der Waals surface area (Å²) in [5.41, 5.74) is 3.51. The molecule has 0 spiro atoms. The van der Waals surface area contributed by atoms with Crippen molar-refractivity contribution in [1.29, 1.82) is 0 Å². The Bertz CT molecular complexity index is 681. The molecular formula is C17H25N5O2. The third-order valence-corrected chi connectivity index (χ3v) is 3.51. The van der Waals surface area contributed by atoms with E-state index >= 15 is 0 Å². The van der Waals surface area contributed by atoms with Crippen LogP contribution < -0.4 is 10.2 Å². The highest BCUT2D eigenvalue weighted by molar-refractivity contribution is 5.86. The van der Waals surface area contributed by atoms with Gasteiger partial charge in [-0.05, 0) is 46.8 Å². The number of H-pyrrole nitrogens is 1. The first-order valence-corrected chi connectivity index (χ1v) is 7.84. The highest BCUT2D eigenvalue weighted by Crippen LogP contribution is 2.18. The van der Waals surface area contributed by atoms with E-state index in [1.165, 1.54) is 4.90 Å². The predicted molar refractivity (Wildman–Crippen MR) is 94.3 cm³/mol. The molecule has 0 aliphatic heterocycles. The lowest BCUT2D eigenvalue weighted by atomic mass is 10.2. The van der Waals surface area contributed by atoms with Crippen LogP contribution in [0.3, 0.4) is 0 Å². The summed E-state index contributed by atoms with van der Waals surface area (Å²) in [6, 6.07) is 3.66. The molecule has 2 heterocycles. The van der Waals surface area contributed by atoms with Crippen molar-refractivity contribution < 1.29 is 9.53 Å². The first-order chi connectivity index (χ1) is 11.2. The number of ether oxygens (including phenoxy) is 1. The van der Waals surface area contributed by atoms with Crippen LogP contribution in [0.4, 0.5) is 16.3 Å². The SMILES string of the molecule is Cc1n[nH]c(C)c1CNc1ccc(N(C)C(=O)OC(C)(C)C)nc1. The van der Waals surface area contributed by atoms with E-state index in [0.29, 0.717) is 12.4 Å². The van der Waals surface area contributed by atoms with E-state index in [0.717, 1.165) is 22.6 Å². The van der Waals surface area contributed by atoms with E-state index in [2.05, 4.69) is 20.5 Å². The number of rotatable bonds is 4. The number of aryl methyl sites for hydroxylation is 2. The Morgan fingerprint density at radius 3 is 2.54 bits per heavy atom. The fourth-order valence-corrected chi connectivity index (χ4v) is 2.14. The molecule has 2 aromatic rings. The van der Waals surface area contributed by atoms with Crippen molar-refractivity contribution in [3.63, 3.8) is 0 Å². The molecule has 0 saturated carbocycles. The Labute approximate surface area is 142 Å². The summed E-state index contributed by atoms with van der Waals surface area (Å²) in [6.07, 6.45) is 1.27. The summed E-state index contributed by atoms with van der Waals surface area (Å²) in [6.45, 7) is 10.1. The molecule has 2 aromatic heterocycles. The number of nitrogens with zero attached hydrogens (tertiary/aromatic N) is 3. The second-order valence-corrected chi connectivity index (χ2v) is 6.71. The predicted octanol–water partition coefficient (Wildman–Crippen LogP) is 3.40. The Hall–Kier alpha value is -2.57. The summed E-state index contributed by atoms with van der Waals surface area (Å²) < 4.78 is 5.33. The van der Waals surface area contributed by atoms with Crippen LogP contribution in [0, 0.1) is 13.8 Å². The normalized spacial score (nSPS) is 11.2. The molecule has 0 bridgehead atoms. The van der Waals surface area contributed by atoms with Gasteiger partial charge in [0.15, 0.2) is 0 Å². The molecule has 2 N–H and O–H groups in total. The minimum absolute atomic E-state index is 0.430. The topological polar surface area (TPSA) is 83.1 Å². The van der Waals surface area contributed by atoms with Crippen LogP contribution in [0.2, 0.25) is 0 Å². The molecule has 0 unspecified atom stereocenters. The second-order valence-electron chi connectivity index (χ2n) is 6.71. The van der Waals surface area contributed by atoms with Gasteiger partial charge in [-0.15, -0.1) is 0 Å². The summed E-state index contributed by atoms with van der Waals surface area (Å²) in [7, 11) is 1.64. The zero-order chi connectivity index (χ0) is 17.9. The van der Waals surface area contributed by atoms with Crippen molar-refractivity contribution in [2.75, 3.05) is 17.3 Å². The van der Waals surface area contributed by atoms with Gasteiger partial charge in [0.1, 0.15) is 11.4 Å². The van der Waals surface area contributed by atoms with Gasteiger partial charge in [-0.25, -0.2) is 9.78 Å². The Balaban J connectivity index is 1.99. The number of aromatic nitrogens is 3. The van der Waals surface area contributed by atoms with Crippen molar-refractivity contribution in [2.24, 2.45) is 0 Å². The zero-order valence-electron chi connectivity index (χ0n) is 15.1. The molecule has 0 saturated heterocycles. The van der Waals surface area contributed by atoms with Gasteiger partial charge in [-0.3, -0.25) is 10.00 Å². The van der Waals surface area contributed by atoms with Gasteiger partial charge < -0.3 is 10.1 Å². The van der Waals surface area contributed by atoms with E-state index in [9.17, 15) is 4.79 Å². The molecule has 7 heteroatoms. The third kappa shape index (κ3) is 4.47.